The van der Waals surface area contributed by atoms with E-state index in [0.29, 0.717) is 6.54 Å². The van der Waals surface area contributed by atoms with E-state index in [2.05, 4.69) is 4.90 Å². The summed E-state index contributed by atoms with van der Waals surface area (Å²) in [7, 11) is 5.01. The Morgan fingerprint density at radius 3 is 2.40 bits per heavy atom. The number of likely N-dealkylation sites (tertiary alicyclic amines) is 1. The summed E-state index contributed by atoms with van der Waals surface area (Å²) in [6, 6.07) is 7.53. The van der Waals surface area contributed by atoms with Crippen LogP contribution in [0.4, 0.5) is 0 Å². The highest BCUT2D eigenvalue weighted by Crippen LogP contribution is 2.23. The number of ether oxygens (including phenoxy) is 3. The lowest BCUT2D eigenvalue weighted by molar-refractivity contribution is -0.00461. The first-order valence-corrected chi connectivity index (χ1v) is 6.78. The van der Waals surface area contributed by atoms with Crippen molar-refractivity contribution in [1.29, 1.82) is 0 Å². The van der Waals surface area contributed by atoms with Crippen LogP contribution in [0.25, 0.3) is 0 Å². The van der Waals surface area contributed by atoms with Crippen molar-refractivity contribution in [3.05, 3.63) is 29.8 Å². The van der Waals surface area contributed by atoms with Gasteiger partial charge < -0.3 is 19.3 Å². The van der Waals surface area contributed by atoms with Crippen molar-refractivity contribution in [2.24, 2.45) is 0 Å². The number of hydrogen-bond donors (Lipinski definition) is 1. The van der Waals surface area contributed by atoms with Crippen molar-refractivity contribution < 1.29 is 19.3 Å². The highest BCUT2D eigenvalue weighted by molar-refractivity contribution is 5.29. The molecule has 0 bridgehead atoms. The van der Waals surface area contributed by atoms with Crippen LogP contribution < -0.4 is 4.74 Å². The summed E-state index contributed by atoms with van der Waals surface area (Å²) in [5.41, 5.74) is 0.860. The Morgan fingerprint density at radius 1 is 1.20 bits per heavy atom. The van der Waals surface area contributed by atoms with Crippen LogP contribution in [-0.2, 0) is 9.47 Å². The Hall–Kier alpha value is -1.14. The van der Waals surface area contributed by atoms with Gasteiger partial charge in [0.15, 0.2) is 0 Å². The molecular formula is C15H23NO4. The number of methoxy groups -OCH3 is 3. The summed E-state index contributed by atoms with van der Waals surface area (Å²) >= 11 is 0. The zero-order valence-corrected chi connectivity index (χ0v) is 12.3. The second-order valence-corrected chi connectivity index (χ2v) is 5.06. The molecule has 1 aliphatic heterocycles. The molecule has 1 N–H and O–H groups in total. The fourth-order valence-corrected chi connectivity index (χ4v) is 2.62. The van der Waals surface area contributed by atoms with E-state index in [1.54, 1.807) is 21.3 Å². The summed E-state index contributed by atoms with van der Waals surface area (Å²) in [6.07, 6.45) is -0.409. The van der Waals surface area contributed by atoms with Gasteiger partial charge in [-0.3, -0.25) is 4.90 Å². The third-order valence-corrected chi connectivity index (χ3v) is 3.81. The number of aliphatic hydroxyl groups excluding tert-OH is 1. The minimum atomic E-state index is -0.543. The maximum Gasteiger partial charge on any atom is 0.119 e. The van der Waals surface area contributed by atoms with E-state index in [4.69, 9.17) is 14.2 Å². The molecule has 1 aromatic carbocycles. The van der Waals surface area contributed by atoms with Crippen molar-refractivity contribution >= 4 is 0 Å². The van der Waals surface area contributed by atoms with Crippen molar-refractivity contribution in [2.45, 2.75) is 18.3 Å². The molecule has 0 radical (unpaired) electrons. The zero-order chi connectivity index (χ0) is 14.5. The van der Waals surface area contributed by atoms with E-state index >= 15 is 0 Å². The quantitative estimate of drug-likeness (QED) is 0.845. The average molecular weight is 281 g/mol. The van der Waals surface area contributed by atoms with Crippen LogP contribution in [0.5, 0.6) is 5.75 Å². The van der Waals surface area contributed by atoms with Crippen LogP contribution in [-0.4, -0.2) is 63.2 Å². The van der Waals surface area contributed by atoms with E-state index in [1.807, 2.05) is 24.3 Å². The molecule has 5 nitrogen and oxygen atoms in total. The fourth-order valence-electron chi connectivity index (χ4n) is 2.62. The third-order valence-electron chi connectivity index (χ3n) is 3.81. The van der Waals surface area contributed by atoms with Gasteiger partial charge in [-0.15, -0.1) is 0 Å². The van der Waals surface area contributed by atoms with E-state index in [-0.39, 0.29) is 12.2 Å². The number of β-amino-alcohol motifs (C(OH)–C–C–N with tert-alkyl or cyclic N) is 1. The SMILES string of the molecule is COc1cccc(C(O)CN2CC(OC)C(OC)C2)c1. The van der Waals surface area contributed by atoms with Gasteiger partial charge in [0.25, 0.3) is 0 Å². The molecule has 1 fully saturated rings. The molecule has 0 spiro atoms. The van der Waals surface area contributed by atoms with Gasteiger partial charge in [0.2, 0.25) is 0 Å². The topological polar surface area (TPSA) is 51.2 Å². The molecule has 0 saturated carbocycles. The predicted octanol–water partition coefficient (Wildman–Crippen LogP) is 1.07. The second-order valence-electron chi connectivity index (χ2n) is 5.06. The molecule has 3 atom stereocenters. The maximum absolute atomic E-state index is 10.3. The number of aliphatic hydroxyl groups is 1. The van der Waals surface area contributed by atoms with Gasteiger partial charge in [0.1, 0.15) is 5.75 Å². The third kappa shape index (κ3) is 3.49. The van der Waals surface area contributed by atoms with Crippen LogP contribution in [0.15, 0.2) is 24.3 Å². The van der Waals surface area contributed by atoms with Gasteiger partial charge in [0, 0.05) is 33.9 Å². The molecule has 20 heavy (non-hydrogen) atoms. The first kappa shape index (κ1) is 15.3. The van der Waals surface area contributed by atoms with Crippen LogP contribution in [0.1, 0.15) is 11.7 Å². The molecule has 1 aliphatic rings. The van der Waals surface area contributed by atoms with Crippen molar-refractivity contribution in [3.63, 3.8) is 0 Å². The smallest absolute Gasteiger partial charge is 0.119 e. The van der Waals surface area contributed by atoms with Crippen molar-refractivity contribution in [1.82, 2.24) is 4.90 Å². The Labute approximate surface area is 120 Å². The van der Waals surface area contributed by atoms with Gasteiger partial charge in [-0.25, -0.2) is 0 Å². The normalized spacial score (nSPS) is 24.8. The molecule has 1 aromatic rings. The van der Waals surface area contributed by atoms with E-state index in [1.165, 1.54) is 0 Å². The molecule has 2 rings (SSSR count). The molecular weight excluding hydrogens is 258 g/mol. The van der Waals surface area contributed by atoms with Crippen LogP contribution in [0, 0.1) is 0 Å². The standard InChI is InChI=1S/C15H23NO4/c1-18-12-6-4-5-11(7-12)13(17)8-16-9-14(19-2)15(10-16)20-3/h4-7,13-15,17H,8-10H2,1-3H3. The molecule has 0 aliphatic carbocycles. The van der Waals surface area contributed by atoms with E-state index in [0.717, 1.165) is 24.4 Å². The maximum atomic E-state index is 10.3. The van der Waals surface area contributed by atoms with Crippen LogP contribution in [0.3, 0.4) is 0 Å². The number of nitrogens with zero attached hydrogens (tertiary/aromatic N) is 1. The fraction of sp³-hybridized carbons (Fsp3) is 0.600. The summed E-state index contributed by atoms with van der Waals surface area (Å²) in [5.74, 6) is 0.757. The first-order chi connectivity index (χ1) is 9.67. The lowest BCUT2D eigenvalue weighted by Gasteiger charge is -2.20. The molecule has 1 heterocycles. The molecule has 5 heteroatoms. The van der Waals surface area contributed by atoms with Gasteiger partial charge in [-0.1, -0.05) is 12.1 Å². The minimum absolute atomic E-state index is 0.0671. The zero-order valence-electron chi connectivity index (χ0n) is 12.3. The summed E-state index contributed by atoms with van der Waals surface area (Å²) in [4.78, 5) is 2.16. The lowest BCUT2D eigenvalue weighted by Crippen LogP contribution is -2.27. The summed E-state index contributed by atoms with van der Waals surface area (Å²) in [6.45, 7) is 2.11. The number of rotatable bonds is 6. The molecule has 0 amide bonds. The van der Waals surface area contributed by atoms with Crippen molar-refractivity contribution in [3.8, 4) is 5.75 Å². The van der Waals surface area contributed by atoms with Gasteiger partial charge in [0.05, 0.1) is 25.4 Å². The first-order valence-electron chi connectivity index (χ1n) is 6.78. The predicted molar refractivity (Wildman–Crippen MR) is 76.0 cm³/mol. The Kier molecular flexibility index (Phi) is 5.37. The van der Waals surface area contributed by atoms with Gasteiger partial charge >= 0.3 is 0 Å². The second kappa shape index (κ2) is 7.04. The molecule has 1 saturated heterocycles. The Morgan fingerprint density at radius 2 is 1.85 bits per heavy atom. The summed E-state index contributed by atoms with van der Waals surface area (Å²) < 4.78 is 16.0. The summed E-state index contributed by atoms with van der Waals surface area (Å²) in [5, 5.41) is 10.3. The van der Waals surface area contributed by atoms with Gasteiger partial charge in [-0.05, 0) is 17.7 Å². The van der Waals surface area contributed by atoms with E-state index in [9.17, 15) is 5.11 Å². The lowest BCUT2D eigenvalue weighted by atomic mass is 10.1. The molecule has 0 aromatic heterocycles. The molecule has 3 unspecified atom stereocenters. The Bertz CT molecular complexity index is 414. The monoisotopic (exact) mass is 281 g/mol. The average Bonchev–Trinajstić information content (AvgIpc) is 2.89. The molecule has 112 valence electrons. The van der Waals surface area contributed by atoms with Crippen LogP contribution >= 0.6 is 0 Å². The number of hydrogen-bond acceptors (Lipinski definition) is 5. The Balaban J connectivity index is 1.96. The van der Waals surface area contributed by atoms with Gasteiger partial charge in [-0.2, -0.15) is 0 Å². The van der Waals surface area contributed by atoms with E-state index < -0.39 is 6.10 Å². The number of benzene rings is 1. The van der Waals surface area contributed by atoms with Crippen molar-refractivity contribution in [2.75, 3.05) is 41.0 Å². The largest absolute Gasteiger partial charge is 0.497 e. The highest BCUT2D eigenvalue weighted by Gasteiger charge is 2.33. The minimum Gasteiger partial charge on any atom is -0.497 e. The van der Waals surface area contributed by atoms with Crippen LogP contribution in [0.2, 0.25) is 0 Å². The highest BCUT2D eigenvalue weighted by atomic mass is 16.5.